The number of fused-ring (bicyclic) bond motifs is 1. The minimum Gasteiger partial charge on any atom is -0.290 e. The summed E-state index contributed by atoms with van der Waals surface area (Å²) in [5.41, 5.74) is 1.77. The molecular formula is C14H12N4O. The van der Waals surface area contributed by atoms with Crippen LogP contribution in [-0.2, 0) is 13.5 Å². The number of nitrogens with zero attached hydrogens (tertiary/aromatic N) is 4. The standard InChI is InChI=1S/C14H12N4O/c1-18-12-6-3-2-5-10(12)11(17-18)9-13(19)14-15-7-4-8-16-14/h2-8H,9H2,1H3. The molecule has 2 aromatic heterocycles. The van der Waals surface area contributed by atoms with Crippen LogP contribution in [0.25, 0.3) is 10.9 Å². The van der Waals surface area contributed by atoms with Crippen molar-refractivity contribution in [1.82, 2.24) is 19.7 Å². The molecule has 0 amide bonds. The smallest absolute Gasteiger partial charge is 0.206 e. The Morgan fingerprint density at radius 1 is 1.16 bits per heavy atom. The summed E-state index contributed by atoms with van der Waals surface area (Å²) in [6, 6.07) is 9.53. The van der Waals surface area contributed by atoms with Crippen molar-refractivity contribution in [2.24, 2.45) is 7.05 Å². The minimum absolute atomic E-state index is 0.121. The van der Waals surface area contributed by atoms with Gasteiger partial charge in [0.1, 0.15) is 0 Å². The van der Waals surface area contributed by atoms with Crippen LogP contribution >= 0.6 is 0 Å². The SMILES string of the molecule is Cn1nc(CC(=O)c2ncccn2)c2ccccc21. The van der Waals surface area contributed by atoms with Gasteiger partial charge in [0.05, 0.1) is 17.6 Å². The summed E-state index contributed by atoms with van der Waals surface area (Å²) in [5.74, 6) is 0.113. The lowest BCUT2D eigenvalue weighted by Gasteiger charge is -1.97. The second kappa shape index (κ2) is 4.61. The van der Waals surface area contributed by atoms with Gasteiger partial charge in [-0.25, -0.2) is 9.97 Å². The summed E-state index contributed by atoms with van der Waals surface area (Å²) >= 11 is 0. The van der Waals surface area contributed by atoms with Gasteiger partial charge >= 0.3 is 0 Å². The number of hydrogen-bond donors (Lipinski definition) is 0. The van der Waals surface area contributed by atoms with Crippen LogP contribution < -0.4 is 0 Å². The van der Waals surface area contributed by atoms with E-state index in [1.807, 2.05) is 31.3 Å². The highest BCUT2D eigenvalue weighted by atomic mass is 16.1. The van der Waals surface area contributed by atoms with E-state index in [9.17, 15) is 4.79 Å². The molecule has 0 spiro atoms. The maximum atomic E-state index is 12.1. The third kappa shape index (κ3) is 2.10. The molecule has 3 rings (SSSR count). The van der Waals surface area contributed by atoms with Crippen LogP contribution in [0.1, 0.15) is 16.3 Å². The summed E-state index contributed by atoms with van der Waals surface area (Å²) in [6.45, 7) is 0. The van der Waals surface area contributed by atoms with Crippen molar-refractivity contribution in [3.05, 3.63) is 54.2 Å². The van der Waals surface area contributed by atoms with Crippen molar-refractivity contribution >= 4 is 16.7 Å². The predicted octanol–water partition coefficient (Wildman–Crippen LogP) is 1.79. The van der Waals surface area contributed by atoms with Gasteiger partial charge < -0.3 is 0 Å². The van der Waals surface area contributed by atoms with Gasteiger partial charge in [-0.15, -0.1) is 0 Å². The molecule has 0 aliphatic heterocycles. The van der Waals surface area contributed by atoms with Crippen LogP contribution in [0.15, 0.2) is 42.7 Å². The highest BCUT2D eigenvalue weighted by molar-refractivity contribution is 5.96. The molecule has 2 heterocycles. The van der Waals surface area contributed by atoms with E-state index in [1.54, 1.807) is 23.1 Å². The van der Waals surface area contributed by atoms with Gasteiger partial charge in [0.25, 0.3) is 0 Å². The van der Waals surface area contributed by atoms with E-state index in [4.69, 9.17) is 0 Å². The van der Waals surface area contributed by atoms with Crippen LogP contribution in [0.5, 0.6) is 0 Å². The minimum atomic E-state index is -0.121. The average molecular weight is 252 g/mol. The molecule has 5 heteroatoms. The van der Waals surface area contributed by atoms with Crippen molar-refractivity contribution in [1.29, 1.82) is 0 Å². The van der Waals surface area contributed by atoms with Crippen molar-refractivity contribution in [2.45, 2.75) is 6.42 Å². The highest BCUT2D eigenvalue weighted by Gasteiger charge is 2.15. The molecule has 0 saturated carbocycles. The number of benzene rings is 1. The maximum absolute atomic E-state index is 12.1. The molecule has 0 aliphatic rings. The van der Waals surface area contributed by atoms with E-state index in [1.165, 1.54) is 0 Å². The molecule has 94 valence electrons. The van der Waals surface area contributed by atoms with Crippen molar-refractivity contribution in [2.75, 3.05) is 0 Å². The number of Topliss-reactive ketones (excluding diaryl/α,β-unsaturated/α-hetero) is 1. The Labute approximate surface area is 109 Å². The van der Waals surface area contributed by atoms with Crippen LogP contribution in [0.3, 0.4) is 0 Å². The third-order valence-electron chi connectivity index (χ3n) is 2.98. The van der Waals surface area contributed by atoms with E-state index < -0.39 is 0 Å². The summed E-state index contributed by atoms with van der Waals surface area (Å²) in [4.78, 5) is 20.0. The van der Waals surface area contributed by atoms with Crippen LogP contribution in [0.4, 0.5) is 0 Å². The Morgan fingerprint density at radius 2 is 1.89 bits per heavy atom. The molecule has 0 bridgehead atoms. The lowest BCUT2D eigenvalue weighted by molar-refractivity contribution is 0.0982. The summed E-state index contributed by atoms with van der Waals surface area (Å²) in [7, 11) is 1.87. The van der Waals surface area contributed by atoms with E-state index in [2.05, 4.69) is 15.1 Å². The first-order chi connectivity index (χ1) is 9.25. The summed E-state index contributed by atoms with van der Waals surface area (Å²) in [6.07, 6.45) is 3.35. The molecule has 5 nitrogen and oxygen atoms in total. The fourth-order valence-electron chi connectivity index (χ4n) is 2.09. The van der Waals surface area contributed by atoms with Gasteiger partial charge in [-0.2, -0.15) is 5.10 Å². The first-order valence-corrected chi connectivity index (χ1v) is 5.96. The highest BCUT2D eigenvalue weighted by Crippen LogP contribution is 2.18. The molecule has 19 heavy (non-hydrogen) atoms. The van der Waals surface area contributed by atoms with Crippen LogP contribution in [0, 0.1) is 0 Å². The fourth-order valence-corrected chi connectivity index (χ4v) is 2.09. The number of rotatable bonds is 3. The molecule has 0 unspecified atom stereocenters. The molecule has 0 atom stereocenters. The van der Waals surface area contributed by atoms with Gasteiger partial charge in [0.2, 0.25) is 5.78 Å². The molecule has 3 aromatic rings. The second-order valence-corrected chi connectivity index (χ2v) is 4.26. The fraction of sp³-hybridized carbons (Fsp3) is 0.143. The van der Waals surface area contributed by atoms with Crippen molar-refractivity contribution in [3.63, 3.8) is 0 Å². The van der Waals surface area contributed by atoms with E-state index in [0.717, 1.165) is 16.6 Å². The topological polar surface area (TPSA) is 60.7 Å². The van der Waals surface area contributed by atoms with Gasteiger partial charge in [-0.1, -0.05) is 18.2 Å². The Bertz CT molecular complexity index is 734. The van der Waals surface area contributed by atoms with E-state index >= 15 is 0 Å². The lowest BCUT2D eigenvalue weighted by Crippen LogP contribution is -2.08. The Morgan fingerprint density at radius 3 is 2.68 bits per heavy atom. The zero-order valence-electron chi connectivity index (χ0n) is 10.4. The number of para-hydroxylation sites is 1. The first-order valence-electron chi connectivity index (χ1n) is 5.96. The second-order valence-electron chi connectivity index (χ2n) is 4.26. The largest absolute Gasteiger partial charge is 0.290 e. The average Bonchev–Trinajstić information content (AvgIpc) is 2.77. The summed E-state index contributed by atoms with van der Waals surface area (Å²) in [5, 5.41) is 5.39. The van der Waals surface area contributed by atoms with Gasteiger partial charge in [0, 0.05) is 24.8 Å². The zero-order chi connectivity index (χ0) is 13.2. The predicted molar refractivity (Wildman–Crippen MR) is 70.8 cm³/mol. The van der Waals surface area contributed by atoms with Gasteiger partial charge in [-0.3, -0.25) is 9.48 Å². The quantitative estimate of drug-likeness (QED) is 0.667. The monoisotopic (exact) mass is 252 g/mol. The molecule has 0 radical (unpaired) electrons. The number of aromatic nitrogens is 4. The molecular weight excluding hydrogens is 240 g/mol. The molecule has 0 saturated heterocycles. The molecule has 0 fully saturated rings. The Hall–Kier alpha value is -2.56. The number of ketones is 1. The number of aryl methyl sites for hydroxylation is 1. The normalized spacial score (nSPS) is 10.8. The van der Waals surface area contributed by atoms with Gasteiger partial charge in [0.15, 0.2) is 5.82 Å². The van der Waals surface area contributed by atoms with E-state index in [-0.39, 0.29) is 18.0 Å². The lowest BCUT2D eigenvalue weighted by atomic mass is 10.1. The maximum Gasteiger partial charge on any atom is 0.206 e. The number of carbonyl (C=O) groups is 1. The Balaban J connectivity index is 1.96. The van der Waals surface area contributed by atoms with Crippen molar-refractivity contribution < 1.29 is 4.79 Å². The molecule has 0 N–H and O–H groups in total. The van der Waals surface area contributed by atoms with E-state index in [0.29, 0.717) is 0 Å². The first kappa shape index (κ1) is 11.5. The third-order valence-corrected chi connectivity index (χ3v) is 2.98. The molecule has 0 aliphatic carbocycles. The molecule has 1 aromatic carbocycles. The van der Waals surface area contributed by atoms with Gasteiger partial charge in [-0.05, 0) is 12.1 Å². The number of carbonyl (C=O) groups excluding carboxylic acids is 1. The zero-order valence-corrected chi connectivity index (χ0v) is 10.4. The number of hydrogen-bond acceptors (Lipinski definition) is 4. The summed E-state index contributed by atoms with van der Waals surface area (Å²) < 4.78 is 1.78. The Kier molecular flexibility index (Phi) is 2.79. The van der Waals surface area contributed by atoms with Crippen molar-refractivity contribution in [3.8, 4) is 0 Å². The van der Waals surface area contributed by atoms with Crippen LogP contribution in [0.2, 0.25) is 0 Å². The van der Waals surface area contributed by atoms with Crippen LogP contribution in [-0.4, -0.2) is 25.5 Å².